The Bertz CT molecular complexity index is 432. The Morgan fingerprint density at radius 3 is 2.47 bits per heavy atom. The van der Waals surface area contributed by atoms with Crippen molar-refractivity contribution in [2.75, 3.05) is 0 Å². The summed E-state index contributed by atoms with van der Waals surface area (Å²) in [6.07, 6.45) is 4.22. The van der Waals surface area contributed by atoms with E-state index >= 15 is 0 Å². The Morgan fingerprint density at radius 2 is 1.82 bits per heavy atom. The molecule has 0 aromatic heterocycles. The van der Waals surface area contributed by atoms with E-state index in [9.17, 15) is 9.90 Å². The minimum absolute atomic E-state index is 0.0852. The number of aromatic hydroxyl groups is 1. The molecule has 1 aromatic carbocycles. The predicted molar refractivity (Wildman–Crippen MR) is 65.1 cm³/mol. The highest BCUT2D eigenvalue weighted by molar-refractivity contribution is 6.00. The number of nitrogens with one attached hydrogen (secondary N) is 1. The molecule has 3 rings (SSSR count). The van der Waals surface area contributed by atoms with Gasteiger partial charge in [-0.1, -0.05) is 12.1 Å². The van der Waals surface area contributed by atoms with E-state index < -0.39 is 0 Å². The lowest BCUT2D eigenvalue weighted by atomic mass is 9.85. The van der Waals surface area contributed by atoms with E-state index in [0.717, 1.165) is 12.8 Å². The molecule has 2 heterocycles. The van der Waals surface area contributed by atoms with Gasteiger partial charge in [0.1, 0.15) is 5.75 Å². The summed E-state index contributed by atoms with van der Waals surface area (Å²) < 4.78 is 0. The summed E-state index contributed by atoms with van der Waals surface area (Å²) in [7, 11) is 0. The van der Waals surface area contributed by atoms with Crippen LogP contribution in [0.3, 0.4) is 0 Å². The Balaban J connectivity index is 1.81. The molecular formula is C14H17NO2. The van der Waals surface area contributed by atoms with Gasteiger partial charge < -0.3 is 10.4 Å². The Kier molecular flexibility index (Phi) is 2.63. The molecule has 2 saturated heterocycles. The first-order valence-electron chi connectivity index (χ1n) is 6.32. The fraction of sp³-hybridized carbons (Fsp3) is 0.500. The number of ketones is 1. The van der Waals surface area contributed by atoms with Gasteiger partial charge in [0, 0.05) is 18.0 Å². The predicted octanol–water partition coefficient (Wildman–Crippen LogP) is 2.11. The number of hydrogen-bond acceptors (Lipinski definition) is 3. The Morgan fingerprint density at radius 1 is 1.18 bits per heavy atom. The number of Topliss-reactive ketones (excluding diaryl/α,β-unsaturated/α-hetero) is 1. The van der Waals surface area contributed by atoms with Gasteiger partial charge in [-0.2, -0.15) is 0 Å². The molecule has 17 heavy (non-hydrogen) atoms. The average molecular weight is 231 g/mol. The van der Waals surface area contributed by atoms with E-state index in [1.54, 1.807) is 18.2 Å². The highest BCUT2D eigenvalue weighted by Gasteiger charge is 2.37. The SMILES string of the molecule is O=C(c1ccccc1O)C1CC2CCC(C1)N2. The molecular weight excluding hydrogens is 214 g/mol. The van der Waals surface area contributed by atoms with Gasteiger partial charge in [-0.25, -0.2) is 0 Å². The summed E-state index contributed by atoms with van der Waals surface area (Å²) in [6, 6.07) is 7.88. The first-order chi connectivity index (χ1) is 8.24. The van der Waals surface area contributed by atoms with Crippen LogP contribution in [-0.2, 0) is 0 Å². The molecule has 3 nitrogen and oxygen atoms in total. The number of carbonyl (C=O) groups excluding carboxylic acids is 1. The Hall–Kier alpha value is -1.35. The number of carbonyl (C=O) groups is 1. The second-order valence-corrected chi connectivity index (χ2v) is 5.19. The topological polar surface area (TPSA) is 49.3 Å². The maximum absolute atomic E-state index is 12.4. The van der Waals surface area contributed by atoms with Crippen LogP contribution in [0.15, 0.2) is 24.3 Å². The minimum atomic E-state index is 0.0852. The molecule has 2 N–H and O–H groups in total. The molecule has 0 saturated carbocycles. The van der Waals surface area contributed by atoms with Crippen molar-refractivity contribution >= 4 is 5.78 Å². The van der Waals surface area contributed by atoms with Crippen LogP contribution < -0.4 is 5.32 Å². The lowest BCUT2D eigenvalue weighted by Crippen LogP contribution is -2.40. The van der Waals surface area contributed by atoms with E-state index in [2.05, 4.69) is 5.32 Å². The minimum Gasteiger partial charge on any atom is -0.507 e. The van der Waals surface area contributed by atoms with Gasteiger partial charge >= 0.3 is 0 Å². The number of phenols is 1. The number of piperidine rings is 1. The molecule has 0 spiro atoms. The molecule has 3 heteroatoms. The van der Waals surface area contributed by atoms with Gasteiger partial charge in [-0.3, -0.25) is 4.79 Å². The largest absolute Gasteiger partial charge is 0.507 e. The molecule has 90 valence electrons. The first-order valence-corrected chi connectivity index (χ1v) is 6.32. The maximum Gasteiger partial charge on any atom is 0.169 e. The summed E-state index contributed by atoms with van der Waals surface area (Å²) >= 11 is 0. The lowest BCUT2D eigenvalue weighted by molar-refractivity contribution is 0.0873. The van der Waals surface area contributed by atoms with Crippen molar-refractivity contribution in [2.45, 2.75) is 37.8 Å². The van der Waals surface area contributed by atoms with Crippen molar-refractivity contribution in [1.82, 2.24) is 5.32 Å². The van der Waals surface area contributed by atoms with Crippen molar-refractivity contribution < 1.29 is 9.90 Å². The van der Waals surface area contributed by atoms with Gasteiger partial charge in [-0.15, -0.1) is 0 Å². The van der Waals surface area contributed by atoms with Gasteiger partial charge in [0.15, 0.2) is 5.78 Å². The van der Waals surface area contributed by atoms with Crippen LogP contribution in [0.25, 0.3) is 0 Å². The third-order valence-corrected chi connectivity index (χ3v) is 4.01. The lowest BCUT2D eigenvalue weighted by Gasteiger charge is -2.28. The molecule has 2 fully saturated rings. The number of hydrogen-bond donors (Lipinski definition) is 2. The standard InChI is InChI=1S/C14H17NO2/c16-13-4-2-1-3-12(13)14(17)9-7-10-5-6-11(8-9)15-10/h1-4,9-11,15-16H,5-8H2. The number of rotatable bonds is 2. The van der Waals surface area contributed by atoms with Crippen LogP contribution in [0.1, 0.15) is 36.0 Å². The third-order valence-electron chi connectivity index (χ3n) is 4.01. The van der Waals surface area contributed by atoms with Gasteiger partial charge in [0.2, 0.25) is 0 Å². The zero-order valence-electron chi connectivity index (χ0n) is 9.73. The second kappa shape index (κ2) is 4.15. The number of fused-ring (bicyclic) bond motifs is 2. The molecule has 0 amide bonds. The van der Waals surface area contributed by atoms with Crippen LogP contribution in [0, 0.1) is 5.92 Å². The number of benzene rings is 1. The van der Waals surface area contributed by atoms with Crippen LogP contribution in [0.5, 0.6) is 5.75 Å². The molecule has 1 aromatic rings. The summed E-state index contributed by atoms with van der Waals surface area (Å²) in [5.41, 5.74) is 0.485. The fourth-order valence-electron chi connectivity index (χ4n) is 3.17. The molecule has 2 aliphatic heterocycles. The van der Waals surface area contributed by atoms with Crippen molar-refractivity contribution in [3.63, 3.8) is 0 Å². The quantitative estimate of drug-likeness (QED) is 0.766. The molecule has 2 bridgehead atoms. The summed E-state index contributed by atoms with van der Waals surface area (Å²) in [4.78, 5) is 12.4. The zero-order valence-corrected chi connectivity index (χ0v) is 9.73. The monoisotopic (exact) mass is 231 g/mol. The van der Waals surface area contributed by atoms with Gasteiger partial charge in [0.05, 0.1) is 5.56 Å². The van der Waals surface area contributed by atoms with Gasteiger partial charge in [-0.05, 0) is 37.8 Å². The summed E-state index contributed by atoms with van der Waals surface area (Å²) in [5.74, 6) is 0.312. The fourth-order valence-corrected chi connectivity index (χ4v) is 3.17. The summed E-state index contributed by atoms with van der Waals surface area (Å²) in [6.45, 7) is 0. The molecule has 0 aliphatic carbocycles. The van der Waals surface area contributed by atoms with E-state index in [1.807, 2.05) is 6.07 Å². The highest BCUT2D eigenvalue weighted by Crippen LogP contribution is 2.34. The van der Waals surface area contributed by atoms with E-state index in [1.165, 1.54) is 12.8 Å². The Labute approximate surface area is 101 Å². The van der Waals surface area contributed by atoms with E-state index in [4.69, 9.17) is 0 Å². The maximum atomic E-state index is 12.4. The zero-order chi connectivity index (χ0) is 11.8. The van der Waals surface area contributed by atoms with Crippen molar-refractivity contribution in [2.24, 2.45) is 5.92 Å². The van der Waals surface area contributed by atoms with Crippen molar-refractivity contribution in [3.8, 4) is 5.75 Å². The smallest absolute Gasteiger partial charge is 0.169 e. The van der Waals surface area contributed by atoms with Crippen LogP contribution in [0.2, 0.25) is 0 Å². The third kappa shape index (κ3) is 1.95. The normalized spacial score (nSPS) is 31.4. The first kappa shape index (κ1) is 10.8. The summed E-state index contributed by atoms with van der Waals surface area (Å²) in [5, 5.41) is 13.2. The number of phenolic OH excluding ortho intramolecular Hbond substituents is 1. The highest BCUT2D eigenvalue weighted by atomic mass is 16.3. The van der Waals surface area contributed by atoms with E-state index in [0.29, 0.717) is 17.6 Å². The van der Waals surface area contributed by atoms with Gasteiger partial charge in [0.25, 0.3) is 0 Å². The van der Waals surface area contributed by atoms with E-state index in [-0.39, 0.29) is 17.5 Å². The van der Waals surface area contributed by atoms with Crippen molar-refractivity contribution in [3.05, 3.63) is 29.8 Å². The van der Waals surface area contributed by atoms with Crippen LogP contribution in [-0.4, -0.2) is 23.0 Å². The molecule has 0 radical (unpaired) electrons. The number of para-hydroxylation sites is 1. The van der Waals surface area contributed by atoms with Crippen LogP contribution >= 0.6 is 0 Å². The molecule has 2 atom stereocenters. The molecule has 2 aliphatic rings. The second-order valence-electron chi connectivity index (χ2n) is 5.19. The average Bonchev–Trinajstić information content (AvgIpc) is 2.68. The molecule has 2 unspecified atom stereocenters. The van der Waals surface area contributed by atoms with Crippen LogP contribution in [0.4, 0.5) is 0 Å². The van der Waals surface area contributed by atoms with Crippen molar-refractivity contribution in [1.29, 1.82) is 0 Å².